The minimum Gasteiger partial charge on any atom is -0.595 e. The Balaban J connectivity index is 3.70. The van der Waals surface area contributed by atoms with E-state index < -0.39 is 11.7 Å². The molecule has 72 valence electrons. The van der Waals surface area contributed by atoms with Crippen molar-refractivity contribution >= 4 is 6.08 Å². The Bertz CT molecular complexity index is 147. The van der Waals surface area contributed by atoms with Crippen LogP contribution in [-0.2, 0) is 4.74 Å². The molecule has 0 saturated heterocycles. The summed E-state index contributed by atoms with van der Waals surface area (Å²) in [5.41, 5.74) is -0.424. The molecule has 0 amide bonds. The van der Waals surface area contributed by atoms with Crippen molar-refractivity contribution in [3.05, 3.63) is 0 Å². The fourth-order valence-electron chi connectivity index (χ4n) is 0.623. The Kier molecular flexibility index (Phi) is 4.71. The molecular formula is C9H18NO2-. The molecule has 0 aliphatic heterocycles. The third-order valence-electron chi connectivity index (χ3n) is 1.15. The molecule has 0 unspecified atom stereocenters. The Labute approximate surface area is 74.5 Å². The van der Waals surface area contributed by atoms with Crippen LogP contribution in [0, 0.1) is 0 Å². The lowest BCUT2D eigenvalue weighted by Gasteiger charge is -2.29. The predicted molar refractivity (Wildman–Crippen MR) is 48.0 cm³/mol. The first-order valence-corrected chi connectivity index (χ1v) is 4.36. The average Bonchev–Trinajstić information content (AvgIpc) is 1.84. The van der Waals surface area contributed by atoms with Gasteiger partial charge in [-0.05, 0) is 6.42 Å². The van der Waals surface area contributed by atoms with Crippen LogP contribution in [0.1, 0.15) is 40.5 Å². The zero-order valence-corrected chi connectivity index (χ0v) is 8.39. The van der Waals surface area contributed by atoms with Crippen molar-refractivity contribution in [2.45, 2.75) is 46.1 Å². The third-order valence-corrected chi connectivity index (χ3v) is 1.15. The van der Waals surface area contributed by atoms with Gasteiger partial charge in [-0.25, -0.2) is 0 Å². The molecule has 0 N–H and O–H groups in total. The Morgan fingerprint density at radius 1 is 1.42 bits per heavy atom. The van der Waals surface area contributed by atoms with E-state index in [0.717, 1.165) is 12.8 Å². The van der Waals surface area contributed by atoms with Gasteiger partial charge in [0.25, 0.3) is 0 Å². The molecule has 3 nitrogen and oxygen atoms in total. The summed E-state index contributed by atoms with van der Waals surface area (Å²) in [5, 5.41) is 10.9. The lowest BCUT2D eigenvalue weighted by atomic mass is 10.2. The second-order valence-electron chi connectivity index (χ2n) is 3.72. The zero-order chi connectivity index (χ0) is 9.61. The Morgan fingerprint density at radius 3 is 2.42 bits per heavy atom. The van der Waals surface area contributed by atoms with E-state index in [4.69, 9.17) is 4.74 Å². The fourth-order valence-corrected chi connectivity index (χ4v) is 0.623. The topological polar surface area (TPSA) is 44.7 Å². The van der Waals surface area contributed by atoms with E-state index in [1.807, 2.05) is 20.8 Å². The lowest BCUT2D eigenvalue weighted by molar-refractivity contribution is -0.260. The summed E-state index contributed by atoms with van der Waals surface area (Å²) in [7, 11) is 0. The summed E-state index contributed by atoms with van der Waals surface area (Å²) in [6.45, 7) is 8.14. The number of aliphatic imine (C=N–C) groups is 1. The van der Waals surface area contributed by atoms with Crippen LogP contribution in [0.5, 0.6) is 0 Å². The fraction of sp³-hybridized carbons (Fsp3) is 0.889. The highest BCUT2D eigenvalue weighted by Gasteiger charge is 2.03. The minimum absolute atomic E-state index is 0.424. The molecular weight excluding hydrogens is 154 g/mol. The van der Waals surface area contributed by atoms with Crippen molar-refractivity contribution in [2.24, 2.45) is 4.99 Å². The smallest absolute Gasteiger partial charge is 0.145 e. The van der Waals surface area contributed by atoms with Crippen LogP contribution in [0.25, 0.3) is 0 Å². The monoisotopic (exact) mass is 172 g/mol. The molecule has 0 saturated carbocycles. The highest BCUT2D eigenvalue weighted by Crippen LogP contribution is 2.05. The van der Waals surface area contributed by atoms with Crippen molar-refractivity contribution in [3.8, 4) is 0 Å². The standard InChI is InChI=1S/C9H19NO2/c1-5-6-7-10-8(11)12-9(2,3)4/h5-7H2,1-4H3,(H,10,11)/p-1. The highest BCUT2D eigenvalue weighted by molar-refractivity contribution is 5.62. The van der Waals surface area contributed by atoms with Crippen LogP contribution in [-0.4, -0.2) is 18.2 Å². The Morgan fingerprint density at radius 2 is 2.00 bits per heavy atom. The van der Waals surface area contributed by atoms with Crippen LogP contribution >= 0.6 is 0 Å². The van der Waals surface area contributed by atoms with Crippen LogP contribution in [0.3, 0.4) is 0 Å². The molecule has 0 heterocycles. The summed E-state index contributed by atoms with van der Waals surface area (Å²) >= 11 is 0. The normalized spacial score (nSPS) is 13.2. The van der Waals surface area contributed by atoms with Gasteiger partial charge in [0, 0.05) is 12.1 Å². The van der Waals surface area contributed by atoms with Crippen LogP contribution in [0.4, 0.5) is 0 Å². The van der Waals surface area contributed by atoms with Crippen molar-refractivity contribution in [1.29, 1.82) is 0 Å². The summed E-state index contributed by atoms with van der Waals surface area (Å²) in [4.78, 5) is 3.74. The molecule has 0 aromatic rings. The quantitative estimate of drug-likeness (QED) is 0.366. The molecule has 3 heteroatoms. The van der Waals surface area contributed by atoms with E-state index in [1.54, 1.807) is 0 Å². The van der Waals surface area contributed by atoms with E-state index in [1.165, 1.54) is 0 Å². The van der Waals surface area contributed by atoms with Gasteiger partial charge in [0.05, 0.1) is 0 Å². The number of nitrogens with zero attached hydrogens (tertiary/aromatic N) is 1. The van der Waals surface area contributed by atoms with Crippen LogP contribution in [0.2, 0.25) is 0 Å². The molecule has 12 heavy (non-hydrogen) atoms. The molecule has 0 aromatic heterocycles. The first-order valence-electron chi connectivity index (χ1n) is 4.36. The number of hydrogen-bond acceptors (Lipinski definition) is 3. The van der Waals surface area contributed by atoms with Gasteiger partial charge in [-0.3, -0.25) is 4.99 Å². The summed E-state index contributed by atoms with van der Waals surface area (Å²) in [6.07, 6.45) is 1.54. The van der Waals surface area contributed by atoms with Crippen LogP contribution < -0.4 is 5.11 Å². The van der Waals surface area contributed by atoms with Crippen molar-refractivity contribution in [3.63, 3.8) is 0 Å². The lowest BCUT2D eigenvalue weighted by Crippen LogP contribution is -2.32. The van der Waals surface area contributed by atoms with E-state index in [9.17, 15) is 5.11 Å². The van der Waals surface area contributed by atoms with E-state index in [0.29, 0.717) is 6.54 Å². The van der Waals surface area contributed by atoms with Gasteiger partial charge < -0.3 is 9.84 Å². The van der Waals surface area contributed by atoms with Crippen molar-refractivity contribution in [1.82, 2.24) is 0 Å². The van der Waals surface area contributed by atoms with E-state index >= 15 is 0 Å². The van der Waals surface area contributed by atoms with Gasteiger partial charge in [-0.15, -0.1) is 0 Å². The molecule has 0 spiro atoms. The number of rotatable bonds is 3. The maximum absolute atomic E-state index is 10.9. The molecule has 0 aliphatic carbocycles. The first-order chi connectivity index (χ1) is 5.45. The molecule has 0 aliphatic rings. The largest absolute Gasteiger partial charge is 0.595 e. The van der Waals surface area contributed by atoms with Gasteiger partial charge in [0.1, 0.15) is 6.08 Å². The number of ether oxygens (including phenoxy) is 1. The van der Waals surface area contributed by atoms with Gasteiger partial charge in [-0.2, -0.15) is 0 Å². The predicted octanol–water partition coefficient (Wildman–Crippen LogP) is 1.32. The van der Waals surface area contributed by atoms with E-state index in [2.05, 4.69) is 11.9 Å². The van der Waals surface area contributed by atoms with E-state index in [-0.39, 0.29) is 0 Å². The molecule has 0 radical (unpaired) electrons. The van der Waals surface area contributed by atoms with Crippen molar-refractivity contribution < 1.29 is 9.84 Å². The first kappa shape index (κ1) is 11.3. The number of unbranched alkanes of at least 4 members (excludes halogenated alkanes) is 1. The third kappa shape index (κ3) is 7.38. The van der Waals surface area contributed by atoms with Gasteiger partial charge >= 0.3 is 0 Å². The average molecular weight is 172 g/mol. The second-order valence-corrected chi connectivity index (χ2v) is 3.72. The Hall–Kier alpha value is -0.730. The molecule has 0 fully saturated rings. The van der Waals surface area contributed by atoms with Gasteiger partial charge in [-0.1, -0.05) is 34.1 Å². The zero-order valence-electron chi connectivity index (χ0n) is 8.39. The summed E-state index contributed by atoms with van der Waals surface area (Å²) in [5.74, 6) is 0. The minimum atomic E-state index is -0.448. The number of hydrogen-bond donors (Lipinski definition) is 0. The summed E-state index contributed by atoms with van der Waals surface area (Å²) < 4.78 is 4.98. The summed E-state index contributed by atoms with van der Waals surface area (Å²) in [6, 6.07) is 0. The maximum atomic E-state index is 10.9. The van der Waals surface area contributed by atoms with Gasteiger partial charge in [0.2, 0.25) is 0 Å². The SMILES string of the molecule is CCCCN=C([O-])OC(C)(C)C. The van der Waals surface area contributed by atoms with Gasteiger partial charge in [0.15, 0.2) is 0 Å². The molecule has 0 aromatic carbocycles. The van der Waals surface area contributed by atoms with Crippen molar-refractivity contribution in [2.75, 3.05) is 6.54 Å². The second kappa shape index (κ2) is 5.01. The molecule has 0 atom stereocenters. The molecule has 0 bridgehead atoms. The molecule has 0 rings (SSSR count). The highest BCUT2D eigenvalue weighted by atomic mass is 16.6. The maximum Gasteiger partial charge on any atom is 0.145 e. The van der Waals surface area contributed by atoms with Crippen LogP contribution in [0.15, 0.2) is 4.99 Å².